The Bertz CT molecular complexity index is 203. The molecule has 0 bridgehead atoms. The number of hydrogen-bond acceptors (Lipinski definition) is 3. The maximum atomic E-state index is 9.23. The van der Waals surface area contributed by atoms with Crippen LogP contribution in [0.2, 0.25) is 0 Å². The van der Waals surface area contributed by atoms with Crippen LogP contribution in [0.25, 0.3) is 0 Å². The molecule has 0 aromatic carbocycles. The largest absolute Gasteiger partial charge is 1.00 e. The minimum absolute atomic E-state index is 0. The Morgan fingerprint density at radius 2 is 2.25 bits per heavy atom. The van der Waals surface area contributed by atoms with E-state index in [4.69, 9.17) is 5.21 Å². The van der Waals surface area contributed by atoms with Gasteiger partial charge in [-0.2, -0.15) is 18.6 Å². The first-order valence-electron chi connectivity index (χ1n) is 2.70. The van der Waals surface area contributed by atoms with E-state index in [1.165, 1.54) is 5.48 Å². The Balaban J connectivity index is 0. The van der Waals surface area contributed by atoms with Crippen LogP contribution in [0.3, 0.4) is 0 Å². The van der Waals surface area contributed by atoms with Gasteiger partial charge in [0.15, 0.2) is 0 Å². The van der Waals surface area contributed by atoms with Crippen LogP contribution in [0.4, 0.5) is 4.79 Å². The summed E-state index contributed by atoms with van der Waals surface area (Å²) in [6.45, 7) is 3.69. The van der Waals surface area contributed by atoms with Crippen LogP contribution in [-0.2, 0) is 0 Å². The first-order valence-corrected chi connectivity index (χ1v) is 3.64. The molecule has 0 unspecified atom stereocenters. The fourth-order valence-electron chi connectivity index (χ4n) is 0.293. The van der Waals surface area contributed by atoms with Gasteiger partial charge in [0.25, 0.3) is 0 Å². The van der Waals surface area contributed by atoms with Gasteiger partial charge >= 0.3 is 57.4 Å². The standard InChI is InChI=1S/C5H5S.CH4N2O2.K/c1-5-2-3-6-4-5;2-1(4)3-5;/h2-4H,1H2;5H,(H3,2,3,4);/q-1;;+1. The zero-order valence-corrected chi connectivity index (χ0v) is 10.7. The van der Waals surface area contributed by atoms with E-state index in [0.717, 1.165) is 5.56 Å². The van der Waals surface area contributed by atoms with E-state index in [1.54, 1.807) is 11.3 Å². The van der Waals surface area contributed by atoms with Crippen LogP contribution in [0.15, 0.2) is 16.8 Å². The SMILES string of the molecule is NC(=O)NO.[CH2-]c1ccsc1.[K+]. The third kappa shape index (κ3) is 10.4. The maximum Gasteiger partial charge on any atom is 1.00 e. The van der Waals surface area contributed by atoms with E-state index >= 15 is 0 Å². The van der Waals surface area contributed by atoms with Crippen molar-refractivity contribution in [1.82, 2.24) is 5.48 Å². The monoisotopic (exact) mass is 212 g/mol. The molecule has 1 rings (SSSR count). The van der Waals surface area contributed by atoms with E-state index < -0.39 is 6.03 Å². The van der Waals surface area contributed by atoms with Crippen LogP contribution in [0, 0.1) is 6.92 Å². The predicted molar refractivity (Wildman–Crippen MR) is 43.3 cm³/mol. The number of carbonyl (C=O) groups is 1. The van der Waals surface area contributed by atoms with Crippen molar-refractivity contribution in [2.45, 2.75) is 0 Å². The molecule has 1 heterocycles. The summed E-state index contributed by atoms with van der Waals surface area (Å²) in [5, 5.41) is 11.4. The normalized spacial score (nSPS) is 7.08. The Morgan fingerprint density at radius 1 is 1.75 bits per heavy atom. The summed E-state index contributed by atoms with van der Waals surface area (Å²) in [6.07, 6.45) is 0. The van der Waals surface area contributed by atoms with Crippen molar-refractivity contribution < 1.29 is 61.4 Å². The Hall–Kier alpha value is 0.436. The number of amides is 2. The van der Waals surface area contributed by atoms with Gasteiger partial charge in [0.1, 0.15) is 0 Å². The summed E-state index contributed by atoms with van der Waals surface area (Å²) in [5.74, 6) is 0. The molecule has 6 heteroatoms. The van der Waals surface area contributed by atoms with Crippen molar-refractivity contribution in [2.75, 3.05) is 0 Å². The number of nitrogens with one attached hydrogen (secondary N) is 1. The third-order valence-electron chi connectivity index (χ3n) is 0.690. The minimum atomic E-state index is -0.940. The second-order valence-corrected chi connectivity index (χ2v) is 2.39. The van der Waals surface area contributed by atoms with E-state index in [2.05, 4.69) is 12.7 Å². The molecule has 12 heavy (non-hydrogen) atoms. The molecule has 0 saturated carbocycles. The van der Waals surface area contributed by atoms with Crippen molar-refractivity contribution in [3.63, 3.8) is 0 Å². The fraction of sp³-hybridized carbons (Fsp3) is 0. The maximum absolute atomic E-state index is 9.23. The first-order chi connectivity index (χ1) is 5.16. The molecule has 4 N–H and O–H groups in total. The van der Waals surface area contributed by atoms with Gasteiger partial charge in [-0.1, -0.05) is 5.38 Å². The number of hydrogen-bond donors (Lipinski definition) is 3. The fourth-order valence-corrected chi connectivity index (χ4v) is 0.878. The molecule has 2 amide bonds. The van der Waals surface area contributed by atoms with Crippen molar-refractivity contribution in [3.05, 3.63) is 29.3 Å². The molecule has 0 radical (unpaired) electrons. The molecular formula is C6H9KN2O2S. The number of rotatable bonds is 0. The molecule has 62 valence electrons. The van der Waals surface area contributed by atoms with Crippen LogP contribution in [0.5, 0.6) is 0 Å². The molecule has 1 aromatic rings. The van der Waals surface area contributed by atoms with Crippen LogP contribution in [-0.4, -0.2) is 11.2 Å². The summed E-state index contributed by atoms with van der Waals surface area (Å²) in [6, 6.07) is 1.05. The molecule has 0 atom stereocenters. The minimum Gasteiger partial charge on any atom is -0.350 e. The summed E-state index contributed by atoms with van der Waals surface area (Å²) in [4.78, 5) is 9.23. The Morgan fingerprint density at radius 3 is 2.33 bits per heavy atom. The average Bonchev–Trinajstić information content (AvgIpc) is 2.41. The molecule has 0 fully saturated rings. The molecule has 4 nitrogen and oxygen atoms in total. The summed E-state index contributed by atoms with van der Waals surface area (Å²) in [5.41, 5.74) is 6.57. The quantitative estimate of drug-likeness (QED) is 0.201. The molecule has 0 aliphatic carbocycles. The van der Waals surface area contributed by atoms with Crippen LogP contribution in [0.1, 0.15) is 5.56 Å². The van der Waals surface area contributed by atoms with E-state index in [-0.39, 0.29) is 51.4 Å². The van der Waals surface area contributed by atoms with Gasteiger partial charge in [-0.05, 0) is 0 Å². The third-order valence-corrected chi connectivity index (χ3v) is 1.42. The van der Waals surface area contributed by atoms with E-state index in [9.17, 15) is 4.79 Å². The molecule has 0 aliphatic heterocycles. The summed E-state index contributed by atoms with van der Waals surface area (Å²) >= 11 is 1.68. The van der Waals surface area contributed by atoms with E-state index in [1.807, 2.05) is 16.8 Å². The number of primary amides is 1. The number of hydroxylamine groups is 1. The topological polar surface area (TPSA) is 75.4 Å². The molecule has 0 spiro atoms. The zero-order chi connectivity index (χ0) is 8.69. The molecule has 0 saturated heterocycles. The number of thiophene rings is 1. The van der Waals surface area contributed by atoms with E-state index in [0.29, 0.717) is 0 Å². The van der Waals surface area contributed by atoms with Crippen molar-refractivity contribution in [2.24, 2.45) is 5.73 Å². The molecule has 0 aliphatic rings. The van der Waals surface area contributed by atoms with Gasteiger partial charge in [-0.25, -0.2) is 21.6 Å². The number of urea groups is 1. The van der Waals surface area contributed by atoms with Gasteiger partial charge in [0.2, 0.25) is 0 Å². The van der Waals surface area contributed by atoms with Gasteiger partial charge in [-0.3, -0.25) is 5.21 Å². The van der Waals surface area contributed by atoms with Crippen LogP contribution >= 0.6 is 11.3 Å². The smallest absolute Gasteiger partial charge is 0.350 e. The van der Waals surface area contributed by atoms with Gasteiger partial charge in [0, 0.05) is 0 Å². The molecular weight excluding hydrogens is 203 g/mol. The second-order valence-electron chi connectivity index (χ2n) is 1.61. The summed E-state index contributed by atoms with van der Waals surface area (Å²) < 4.78 is 0. The number of carbonyl (C=O) groups excluding carboxylic acids is 1. The Kier molecular flexibility index (Phi) is 11.9. The van der Waals surface area contributed by atoms with Crippen LogP contribution < -0.4 is 62.6 Å². The van der Waals surface area contributed by atoms with Gasteiger partial charge in [-0.15, -0.1) is 5.38 Å². The van der Waals surface area contributed by atoms with Crippen molar-refractivity contribution in [3.8, 4) is 0 Å². The zero-order valence-electron chi connectivity index (χ0n) is 6.78. The predicted octanol–water partition coefficient (Wildman–Crippen LogP) is -2.02. The Labute approximate surface area is 118 Å². The summed E-state index contributed by atoms with van der Waals surface area (Å²) in [7, 11) is 0. The molecule has 1 aromatic heterocycles. The van der Waals surface area contributed by atoms with Crippen molar-refractivity contribution in [1.29, 1.82) is 0 Å². The van der Waals surface area contributed by atoms with Gasteiger partial charge < -0.3 is 5.73 Å². The second kappa shape index (κ2) is 9.52. The average molecular weight is 212 g/mol. The van der Waals surface area contributed by atoms with Gasteiger partial charge in [0.05, 0.1) is 0 Å². The first kappa shape index (κ1) is 14.9. The van der Waals surface area contributed by atoms with Crippen molar-refractivity contribution >= 4 is 17.4 Å². The number of nitrogens with two attached hydrogens (primary N) is 1.